The summed E-state index contributed by atoms with van der Waals surface area (Å²) in [6, 6.07) is 19.3. The third-order valence-corrected chi connectivity index (χ3v) is 6.61. The average molecular weight is 537 g/mol. The Hall–Kier alpha value is -3.75. The molecule has 1 aliphatic rings. The van der Waals surface area contributed by atoms with Gasteiger partial charge in [0, 0.05) is 11.6 Å². The van der Waals surface area contributed by atoms with Crippen molar-refractivity contribution in [2.24, 2.45) is 4.99 Å². The first-order valence-electron chi connectivity index (χ1n) is 11.7. The number of amides is 1. The zero-order valence-corrected chi connectivity index (χ0v) is 21.9. The second kappa shape index (κ2) is 12.0. The Labute approximate surface area is 224 Å². The summed E-state index contributed by atoms with van der Waals surface area (Å²) >= 11 is 7.31. The molecular formula is C28H25ClN2O5S. The van der Waals surface area contributed by atoms with Gasteiger partial charge in [-0.3, -0.25) is 9.69 Å². The van der Waals surface area contributed by atoms with Gasteiger partial charge in [-0.25, -0.2) is 9.79 Å². The number of likely N-dealkylation sites (N-methyl/N-ethyl adjacent to an activating group) is 1. The number of carboxylic acid groups (broad SMARTS) is 1. The summed E-state index contributed by atoms with van der Waals surface area (Å²) in [4.78, 5) is 31.0. The highest BCUT2D eigenvalue weighted by Crippen LogP contribution is 2.36. The van der Waals surface area contributed by atoms with Crippen LogP contribution in [-0.4, -0.2) is 40.2 Å². The van der Waals surface area contributed by atoms with Crippen molar-refractivity contribution in [3.05, 3.63) is 93.3 Å². The van der Waals surface area contributed by atoms with E-state index in [1.807, 2.05) is 56.3 Å². The van der Waals surface area contributed by atoms with E-state index in [9.17, 15) is 14.7 Å². The van der Waals surface area contributed by atoms with E-state index in [4.69, 9.17) is 21.1 Å². The smallest absolute Gasteiger partial charge is 0.335 e. The standard InChI is InChI=1S/C28H25ClN2O5S/c1-3-31-26(32)25(37-28(31)30-22-10-6-8-20(16-22)27(33)34)15-18-11-12-23(24(14-18)35-4-2)36-17-19-7-5-9-21(29)13-19/h5-16H,3-4,17H2,1-2H3,(H,33,34)/b25-15-,30-28?. The molecule has 0 unspecified atom stereocenters. The lowest BCUT2D eigenvalue weighted by Crippen LogP contribution is -2.28. The quantitative estimate of drug-likeness (QED) is 0.308. The molecule has 0 aliphatic carbocycles. The van der Waals surface area contributed by atoms with E-state index in [2.05, 4.69) is 4.99 Å². The van der Waals surface area contributed by atoms with Gasteiger partial charge in [0.1, 0.15) is 6.61 Å². The number of ether oxygens (including phenoxy) is 2. The second-order valence-corrected chi connectivity index (χ2v) is 9.41. The van der Waals surface area contributed by atoms with Gasteiger partial charge in [0.05, 0.1) is 22.8 Å². The minimum absolute atomic E-state index is 0.135. The molecule has 3 aromatic carbocycles. The van der Waals surface area contributed by atoms with Crippen molar-refractivity contribution in [3.8, 4) is 11.5 Å². The highest BCUT2D eigenvalue weighted by molar-refractivity contribution is 8.18. The fourth-order valence-electron chi connectivity index (χ4n) is 3.63. The maximum absolute atomic E-state index is 13.1. The molecule has 3 aromatic rings. The van der Waals surface area contributed by atoms with E-state index in [0.717, 1.165) is 11.1 Å². The highest BCUT2D eigenvalue weighted by Gasteiger charge is 2.32. The summed E-state index contributed by atoms with van der Waals surface area (Å²) in [6.07, 6.45) is 1.79. The maximum Gasteiger partial charge on any atom is 0.335 e. The van der Waals surface area contributed by atoms with Crippen LogP contribution < -0.4 is 9.47 Å². The lowest BCUT2D eigenvalue weighted by molar-refractivity contribution is -0.122. The lowest BCUT2D eigenvalue weighted by Gasteiger charge is -2.13. The van der Waals surface area contributed by atoms with E-state index in [1.54, 1.807) is 23.1 Å². The van der Waals surface area contributed by atoms with Crippen LogP contribution in [0.25, 0.3) is 6.08 Å². The van der Waals surface area contributed by atoms with Gasteiger partial charge in [0.15, 0.2) is 16.7 Å². The molecule has 190 valence electrons. The molecule has 1 fully saturated rings. The van der Waals surface area contributed by atoms with Gasteiger partial charge in [-0.15, -0.1) is 0 Å². The molecule has 0 atom stereocenters. The molecule has 0 aromatic heterocycles. The molecule has 1 saturated heterocycles. The SMILES string of the molecule is CCOc1cc(/C=C2\SC(=Nc3cccc(C(=O)O)c3)N(CC)C2=O)ccc1OCc1cccc(Cl)c1. The number of benzene rings is 3. The van der Waals surface area contributed by atoms with Gasteiger partial charge in [-0.05, 0) is 85.3 Å². The maximum atomic E-state index is 13.1. The number of hydrogen-bond acceptors (Lipinski definition) is 6. The molecule has 0 bridgehead atoms. The van der Waals surface area contributed by atoms with Gasteiger partial charge in [0.2, 0.25) is 0 Å². The third-order valence-electron chi connectivity index (χ3n) is 5.37. The summed E-state index contributed by atoms with van der Waals surface area (Å²) in [5, 5.41) is 10.4. The number of carbonyl (C=O) groups is 2. The van der Waals surface area contributed by atoms with Crippen LogP contribution in [-0.2, 0) is 11.4 Å². The van der Waals surface area contributed by atoms with Crippen LogP contribution in [0.4, 0.5) is 5.69 Å². The van der Waals surface area contributed by atoms with Crippen molar-refractivity contribution in [2.75, 3.05) is 13.2 Å². The highest BCUT2D eigenvalue weighted by atomic mass is 35.5. The summed E-state index contributed by atoms with van der Waals surface area (Å²) in [6.45, 7) is 4.98. The number of thioether (sulfide) groups is 1. The molecule has 7 nitrogen and oxygen atoms in total. The topological polar surface area (TPSA) is 88.4 Å². The number of aromatic carboxylic acids is 1. The lowest BCUT2D eigenvalue weighted by atomic mass is 10.1. The molecule has 1 amide bonds. The van der Waals surface area contributed by atoms with Gasteiger partial charge in [0.25, 0.3) is 5.91 Å². The van der Waals surface area contributed by atoms with Crippen molar-refractivity contribution in [1.29, 1.82) is 0 Å². The largest absolute Gasteiger partial charge is 0.490 e. The number of carbonyl (C=O) groups excluding carboxylic acids is 1. The fraction of sp³-hybridized carbons (Fsp3) is 0.179. The van der Waals surface area contributed by atoms with Gasteiger partial charge in [-0.1, -0.05) is 35.9 Å². The third kappa shape index (κ3) is 6.53. The number of nitrogens with zero attached hydrogens (tertiary/aromatic N) is 2. The predicted molar refractivity (Wildman–Crippen MR) is 147 cm³/mol. The van der Waals surface area contributed by atoms with Gasteiger partial charge >= 0.3 is 5.97 Å². The molecule has 0 spiro atoms. The van der Waals surface area contributed by atoms with E-state index in [-0.39, 0.29) is 11.5 Å². The van der Waals surface area contributed by atoms with Crippen LogP contribution in [0, 0.1) is 0 Å². The minimum atomic E-state index is -1.03. The first kappa shape index (κ1) is 26.3. The molecule has 9 heteroatoms. The monoisotopic (exact) mass is 536 g/mol. The number of carboxylic acids is 1. The number of amidine groups is 1. The van der Waals surface area contributed by atoms with Gasteiger partial charge < -0.3 is 14.6 Å². The van der Waals surface area contributed by atoms with Crippen molar-refractivity contribution in [3.63, 3.8) is 0 Å². The van der Waals surface area contributed by atoms with Crippen LogP contribution in [0.2, 0.25) is 5.02 Å². The molecule has 0 radical (unpaired) electrons. The molecule has 4 rings (SSSR count). The molecule has 1 aliphatic heterocycles. The Morgan fingerprint density at radius 3 is 2.59 bits per heavy atom. The summed E-state index contributed by atoms with van der Waals surface area (Å²) in [5.74, 6) is -0.0405. The first-order chi connectivity index (χ1) is 17.9. The fourth-order valence-corrected chi connectivity index (χ4v) is 4.91. The van der Waals surface area contributed by atoms with E-state index in [0.29, 0.717) is 52.0 Å². The predicted octanol–water partition coefficient (Wildman–Crippen LogP) is 6.64. The number of rotatable bonds is 9. The number of hydrogen-bond donors (Lipinski definition) is 1. The molecule has 37 heavy (non-hydrogen) atoms. The zero-order valence-electron chi connectivity index (χ0n) is 20.3. The zero-order chi connectivity index (χ0) is 26.4. The van der Waals surface area contributed by atoms with E-state index >= 15 is 0 Å². The first-order valence-corrected chi connectivity index (χ1v) is 12.8. The molecule has 1 heterocycles. The van der Waals surface area contributed by atoms with Gasteiger partial charge in [-0.2, -0.15) is 0 Å². The minimum Gasteiger partial charge on any atom is -0.490 e. The second-order valence-electron chi connectivity index (χ2n) is 7.97. The Kier molecular flexibility index (Phi) is 8.53. The van der Waals surface area contributed by atoms with Crippen molar-refractivity contribution >= 4 is 52.2 Å². The van der Waals surface area contributed by atoms with Crippen LogP contribution in [0.15, 0.2) is 76.6 Å². The Morgan fingerprint density at radius 2 is 1.86 bits per heavy atom. The van der Waals surface area contributed by atoms with Crippen molar-refractivity contribution in [2.45, 2.75) is 20.5 Å². The molecule has 0 saturated carbocycles. The van der Waals surface area contributed by atoms with Crippen LogP contribution in [0.3, 0.4) is 0 Å². The Morgan fingerprint density at radius 1 is 1.05 bits per heavy atom. The summed E-state index contributed by atoms with van der Waals surface area (Å²) < 4.78 is 11.8. The molecular weight excluding hydrogens is 512 g/mol. The van der Waals surface area contributed by atoms with E-state index in [1.165, 1.54) is 23.9 Å². The molecule has 1 N–H and O–H groups in total. The number of halogens is 1. The van der Waals surface area contributed by atoms with Crippen molar-refractivity contribution in [1.82, 2.24) is 4.90 Å². The number of aliphatic imine (C=N–C) groups is 1. The Balaban J connectivity index is 1.57. The van der Waals surface area contributed by atoms with Crippen LogP contribution in [0.5, 0.6) is 11.5 Å². The Bertz CT molecular complexity index is 1390. The average Bonchev–Trinajstić information content (AvgIpc) is 3.17. The van der Waals surface area contributed by atoms with Crippen LogP contribution in [0.1, 0.15) is 35.3 Å². The summed E-state index contributed by atoms with van der Waals surface area (Å²) in [5.41, 5.74) is 2.32. The summed E-state index contributed by atoms with van der Waals surface area (Å²) in [7, 11) is 0. The van der Waals surface area contributed by atoms with E-state index < -0.39 is 5.97 Å². The van der Waals surface area contributed by atoms with Crippen LogP contribution >= 0.6 is 23.4 Å². The van der Waals surface area contributed by atoms with Crippen molar-refractivity contribution < 1.29 is 24.2 Å². The normalized spacial score (nSPS) is 15.4.